The van der Waals surface area contributed by atoms with E-state index < -0.39 is 59.6 Å². The minimum absolute atomic E-state index is 0.0128. The highest BCUT2D eigenvalue weighted by molar-refractivity contribution is 5.87. The molecule has 1 aliphatic carbocycles. The van der Waals surface area contributed by atoms with Crippen LogP contribution in [-0.4, -0.2) is 22.7 Å². The third-order valence-corrected chi connectivity index (χ3v) is 6.02. The third kappa shape index (κ3) is 6.79. The Morgan fingerprint density at radius 2 is 1.49 bits per heavy atom. The summed E-state index contributed by atoms with van der Waals surface area (Å²) in [7, 11) is 0. The van der Waals surface area contributed by atoms with Gasteiger partial charge in [0.15, 0.2) is 0 Å². The predicted octanol–water partition coefficient (Wildman–Crippen LogP) is 6.51. The van der Waals surface area contributed by atoms with Crippen LogP contribution in [0.5, 0.6) is 0 Å². The number of rotatable bonds is 8. The van der Waals surface area contributed by atoms with Crippen LogP contribution in [-0.2, 0) is 40.7 Å². The van der Waals surface area contributed by atoms with Gasteiger partial charge in [-0.1, -0.05) is 36.4 Å². The number of aromatic nitrogens is 1. The Morgan fingerprint density at radius 3 is 2.13 bits per heavy atom. The van der Waals surface area contributed by atoms with Crippen LogP contribution in [0.3, 0.4) is 0 Å². The second-order valence-corrected chi connectivity index (χ2v) is 9.19. The number of hydrogen-bond donors (Lipinski definition) is 1. The van der Waals surface area contributed by atoms with Crippen LogP contribution >= 0.6 is 0 Å². The molecular formula is C27H20F8N2O2. The van der Waals surface area contributed by atoms with Gasteiger partial charge in [-0.25, -0.2) is 4.98 Å². The summed E-state index contributed by atoms with van der Waals surface area (Å²) in [5.41, 5.74) is -3.50. The predicted molar refractivity (Wildman–Crippen MR) is 124 cm³/mol. The Labute approximate surface area is 217 Å². The molecule has 2 aromatic carbocycles. The average Bonchev–Trinajstić information content (AvgIpc) is 3.67. The molecule has 1 amide bonds. The SMILES string of the molecule is O=C(Cc1cccc(C(F)(F)F)c1)Cc1cc(C(F)(F)C(=O)NC2CC2)ccc1-c1cccc(C(F)(F)F)n1. The minimum Gasteiger partial charge on any atom is -0.348 e. The molecule has 0 bridgehead atoms. The van der Waals surface area contributed by atoms with Crippen molar-refractivity contribution in [3.05, 3.63) is 88.6 Å². The summed E-state index contributed by atoms with van der Waals surface area (Å²) in [6.45, 7) is 0. The lowest BCUT2D eigenvalue weighted by Crippen LogP contribution is -2.39. The number of carbonyl (C=O) groups excluding carboxylic acids is 2. The first-order chi connectivity index (χ1) is 18.1. The molecule has 4 nitrogen and oxygen atoms in total. The third-order valence-electron chi connectivity index (χ3n) is 6.02. The van der Waals surface area contributed by atoms with Crippen molar-refractivity contribution in [3.8, 4) is 11.3 Å². The molecule has 0 radical (unpaired) electrons. The van der Waals surface area contributed by atoms with Crippen molar-refractivity contribution >= 4 is 11.7 Å². The van der Waals surface area contributed by atoms with Crippen molar-refractivity contribution in [2.75, 3.05) is 0 Å². The number of Topliss-reactive ketones (excluding diaryl/α,β-unsaturated/α-hetero) is 1. The number of pyridine rings is 1. The maximum atomic E-state index is 14.9. The van der Waals surface area contributed by atoms with Crippen LogP contribution in [0.15, 0.2) is 60.7 Å². The molecule has 0 aliphatic heterocycles. The molecule has 1 heterocycles. The molecule has 1 fully saturated rings. The smallest absolute Gasteiger partial charge is 0.348 e. The molecule has 0 atom stereocenters. The Morgan fingerprint density at radius 1 is 0.795 bits per heavy atom. The molecule has 1 saturated carbocycles. The van der Waals surface area contributed by atoms with E-state index >= 15 is 0 Å². The normalized spacial score (nSPS) is 14.3. The molecule has 0 spiro atoms. The summed E-state index contributed by atoms with van der Waals surface area (Å²) in [5, 5.41) is 2.19. The van der Waals surface area contributed by atoms with Gasteiger partial charge in [0.1, 0.15) is 11.5 Å². The molecule has 12 heteroatoms. The van der Waals surface area contributed by atoms with Gasteiger partial charge in [-0.15, -0.1) is 0 Å². The van der Waals surface area contributed by atoms with Gasteiger partial charge in [-0.3, -0.25) is 9.59 Å². The fourth-order valence-corrected chi connectivity index (χ4v) is 3.92. The van der Waals surface area contributed by atoms with E-state index in [2.05, 4.69) is 10.3 Å². The molecule has 206 valence electrons. The summed E-state index contributed by atoms with van der Waals surface area (Å²) in [4.78, 5) is 28.6. The van der Waals surface area contributed by atoms with Crippen LogP contribution < -0.4 is 5.32 Å². The zero-order chi connectivity index (χ0) is 28.6. The van der Waals surface area contributed by atoms with Gasteiger partial charge < -0.3 is 5.32 Å². The van der Waals surface area contributed by atoms with Crippen LogP contribution in [0.2, 0.25) is 0 Å². The topological polar surface area (TPSA) is 59.1 Å². The highest BCUT2D eigenvalue weighted by Crippen LogP contribution is 2.36. The summed E-state index contributed by atoms with van der Waals surface area (Å²) in [5.74, 6) is -6.26. The van der Waals surface area contributed by atoms with E-state index in [1.165, 1.54) is 12.1 Å². The van der Waals surface area contributed by atoms with Crippen molar-refractivity contribution in [3.63, 3.8) is 0 Å². The van der Waals surface area contributed by atoms with Gasteiger partial charge in [0, 0.05) is 30.0 Å². The zero-order valence-corrected chi connectivity index (χ0v) is 20.0. The second kappa shape index (κ2) is 10.4. The fraction of sp³-hybridized carbons (Fsp3) is 0.296. The van der Waals surface area contributed by atoms with Crippen molar-refractivity contribution in [2.45, 2.75) is 50.0 Å². The lowest BCUT2D eigenvalue weighted by molar-refractivity contribution is -0.147. The first-order valence-electron chi connectivity index (χ1n) is 11.7. The van der Waals surface area contributed by atoms with E-state index in [0.29, 0.717) is 18.9 Å². The lowest BCUT2D eigenvalue weighted by atomic mass is 9.93. The van der Waals surface area contributed by atoms with E-state index in [9.17, 15) is 44.7 Å². The van der Waals surface area contributed by atoms with Crippen molar-refractivity contribution in [1.82, 2.24) is 10.3 Å². The highest BCUT2D eigenvalue weighted by atomic mass is 19.4. The van der Waals surface area contributed by atoms with E-state index in [4.69, 9.17) is 0 Å². The van der Waals surface area contributed by atoms with Gasteiger partial charge in [-0.05, 0) is 48.2 Å². The van der Waals surface area contributed by atoms with Crippen LogP contribution in [0.4, 0.5) is 35.1 Å². The monoisotopic (exact) mass is 556 g/mol. The van der Waals surface area contributed by atoms with E-state index in [1.54, 1.807) is 0 Å². The summed E-state index contributed by atoms with van der Waals surface area (Å²) in [6.07, 6.45) is -9.46. The first-order valence-corrected chi connectivity index (χ1v) is 11.7. The van der Waals surface area contributed by atoms with Crippen LogP contribution in [0, 0.1) is 0 Å². The van der Waals surface area contributed by atoms with Gasteiger partial charge in [-0.2, -0.15) is 35.1 Å². The number of carbonyl (C=O) groups is 2. The summed E-state index contributed by atoms with van der Waals surface area (Å²) < 4.78 is 109. The lowest BCUT2D eigenvalue weighted by Gasteiger charge is -2.19. The molecule has 1 aliphatic rings. The van der Waals surface area contributed by atoms with Gasteiger partial charge in [0.05, 0.1) is 11.3 Å². The molecule has 1 aromatic heterocycles. The number of halogens is 8. The largest absolute Gasteiger partial charge is 0.433 e. The van der Waals surface area contributed by atoms with Gasteiger partial charge >= 0.3 is 18.3 Å². The van der Waals surface area contributed by atoms with Crippen LogP contribution in [0.25, 0.3) is 11.3 Å². The standard InChI is InChI=1S/C27H20F8N2O2/c28-25(29,24(39)36-19-8-9-19)17-7-10-21(22-5-2-6-23(37-22)27(33,34)35)16(13-17)14-20(38)12-15-3-1-4-18(11-15)26(30,31)32/h1-7,10-11,13,19H,8-9,12,14H2,(H,36,39). The fourth-order valence-electron chi connectivity index (χ4n) is 3.92. The Hall–Kier alpha value is -3.83. The van der Waals surface area contributed by atoms with E-state index in [-0.39, 0.29) is 28.4 Å². The Balaban J connectivity index is 1.69. The van der Waals surface area contributed by atoms with E-state index in [1.807, 2.05) is 0 Å². The minimum atomic E-state index is -4.80. The number of hydrogen-bond acceptors (Lipinski definition) is 3. The Bertz CT molecular complexity index is 1400. The molecule has 4 rings (SSSR count). The molecule has 1 N–H and O–H groups in total. The van der Waals surface area contributed by atoms with Crippen LogP contribution in [0.1, 0.15) is 40.8 Å². The Kier molecular flexibility index (Phi) is 7.50. The number of alkyl halides is 8. The number of amides is 1. The molecular weight excluding hydrogens is 536 g/mol. The summed E-state index contributed by atoms with van der Waals surface area (Å²) >= 11 is 0. The quantitative estimate of drug-likeness (QED) is 0.322. The van der Waals surface area contributed by atoms with Crippen molar-refractivity contribution in [2.24, 2.45) is 0 Å². The number of nitrogens with one attached hydrogen (secondary N) is 1. The molecule has 3 aromatic rings. The average molecular weight is 556 g/mol. The van der Waals surface area contributed by atoms with Crippen molar-refractivity contribution < 1.29 is 44.7 Å². The van der Waals surface area contributed by atoms with Gasteiger partial charge in [0.2, 0.25) is 0 Å². The molecule has 39 heavy (non-hydrogen) atoms. The van der Waals surface area contributed by atoms with Gasteiger partial charge in [0.25, 0.3) is 5.91 Å². The first kappa shape index (κ1) is 28.2. The molecule has 0 saturated heterocycles. The maximum absolute atomic E-state index is 14.9. The van der Waals surface area contributed by atoms with E-state index in [0.717, 1.165) is 42.5 Å². The maximum Gasteiger partial charge on any atom is 0.433 e. The highest BCUT2D eigenvalue weighted by Gasteiger charge is 2.43. The number of nitrogens with zero attached hydrogens (tertiary/aromatic N) is 1. The second-order valence-electron chi connectivity index (χ2n) is 9.19. The zero-order valence-electron chi connectivity index (χ0n) is 20.0. The summed E-state index contributed by atoms with van der Waals surface area (Å²) in [6, 6.07) is 9.36. The number of ketones is 1. The van der Waals surface area contributed by atoms with Crippen molar-refractivity contribution in [1.29, 1.82) is 0 Å². The molecule has 0 unspecified atom stereocenters. The number of benzene rings is 2.